The predicted molar refractivity (Wildman–Crippen MR) is 159 cm³/mol. The number of aromatic nitrogens is 1. The number of rotatable bonds is 8. The Labute approximate surface area is 225 Å². The largest absolute Gasteiger partial charge is 0.251 e. The summed E-state index contributed by atoms with van der Waals surface area (Å²) < 4.78 is 0. The summed E-state index contributed by atoms with van der Waals surface area (Å²) in [5.41, 5.74) is 10.3. The molecular formula is C35H31N3. The molecule has 38 heavy (non-hydrogen) atoms. The molecular weight excluding hydrogens is 462 g/mol. The SMILES string of the molecule is C/C(=N\c1ccccc1Cc1ccccc1)c1cccc(/C(C)=N/c2ccccc2Cc2ccccc2)n1. The molecule has 0 atom stereocenters. The van der Waals surface area contributed by atoms with Crippen molar-refractivity contribution < 1.29 is 0 Å². The van der Waals surface area contributed by atoms with Crippen LogP contribution in [0.1, 0.15) is 47.5 Å². The maximum atomic E-state index is 4.99. The summed E-state index contributed by atoms with van der Waals surface area (Å²) in [6.07, 6.45) is 1.69. The molecule has 0 unspecified atom stereocenters. The van der Waals surface area contributed by atoms with E-state index in [1.54, 1.807) is 0 Å². The van der Waals surface area contributed by atoms with Crippen LogP contribution in [0.25, 0.3) is 0 Å². The van der Waals surface area contributed by atoms with Crippen molar-refractivity contribution in [2.45, 2.75) is 26.7 Å². The van der Waals surface area contributed by atoms with Gasteiger partial charge in [0.05, 0.1) is 34.2 Å². The molecule has 186 valence electrons. The predicted octanol–water partition coefficient (Wildman–Crippen LogP) is 8.54. The van der Waals surface area contributed by atoms with Crippen molar-refractivity contribution in [2.24, 2.45) is 9.98 Å². The van der Waals surface area contributed by atoms with Gasteiger partial charge in [-0.1, -0.05) is 103 Å². The second-order valence-electron chi connectivity index (χ2n) is 9.38. The molecule has 3 heteroatoms. The zero-order valence-electron chi connectivity index (χ0n) is 21.9. The van der Waals surface area contributed by atoms with Crippen LogP contribution in [0.3, 0.4) is 0 Å². The van der Waals surface area contributed by atoms with Gasteiger partial charge in [-0.2, -0.15) is 0 Å². The lowest BCUT2D eigenvalue weighted by Gasteiger charge is -2.09. The molecule has 1 heterocycles. The minimum Gasteiger partial charge on any atom is -0.251 e. The first-order valence-corrected chi connectivity index (χ1v) is 13.0. The molecule has 0 aliphatic rings. The molecule has 5 aromatic rings. The first-order valence-electron chi connectivity index (χ1n) is 13.0. The third-order valence-corrected chi connectivity index (χ3v) is 6.52. The lowest BCUT2D eigenvalue weighted by Crippen LogP contribution is -2.05. The monoisotopic (exact) mass is 493 g/mol. The van der Waals surface area contributed by atoms with E-state index in [0.29, 0.717) is 0 Å². The Hall–Kier alpha value is -4.63. The molecule has 0 spiro atoms. The highest BCUT2D eigenvalue weighted by atomic mass is 14.8. The van der Waals surface area contributed by atoms with Crippen molar-refractivity contribution >= 4 is 22.8 Å². The second kappa shape index (κ2) is 12.1. The number of hydrogen-bond acceptors (Lipinski definition) is 3. The average molecular weight is 494 g/mol. The molecule has 0 fully saturated rings. The zero-order valence-corrected chi connectivity index (χ0v) is 21.9. The average Bonchev–Trinajstić information content (AvgIpc) is 2.96. The molecule has 3 nitrogen and oxygen atoms in total. The van der Waals surface area contributed by atoms with E-state index >= 15 is 0 Å². The minimum atomic E-state index is 0.843. The quantitative estimate of drug-likeness (QED) is 0.200. The number of nitrogens with zero attached hydrogens (tertiary/aromatic N) is 3. The first-order chi connectivity index (χ1) is 18.7. The molecule has 5 rings (SSSR count). The normalized spacial score (nSPS) is 11.9. The van der Waals surface area contributed by atoms with Crippen molar-refractivity contribution in [3.63, 3.8) is 0 Å². The number of aliphatic imine (C=N–C) groups is 2. The Bertz CT molecular complexity index is 1450. The summed E-state index contributed by atoms with van der Waals surface area (Å²) in [4.78, 5) is 14.9. The molecule has 0 aliphatic carbocycles. The van der Waals surface area contributed by atoms with E-state index < -0.39 is 0 Å². The highest BCUT2D eigenvalue weighted by Crippen LogP contribution is 2.24. The van der Waals surface area contributed by atoms with Gasteiger partial charge in [0.1, 0.15) is 0 Å². The third-order valence-electron chi connectivity index (χ3n) is 6.52. The van der Waals surface area contributed by atoms with Gasteiger partial charge in [-0.15, -0.1) is 0 Å². The standard InChI is InChI=1S/C35H31N3/c1-26(36-34-20-11-9-18-30(34)24-28-14-5-3-6-15-28)32-22-13-23-33(38-32)27(2)37-35-21-12-10-19-31(35)25-29-16-7-4-8-17-29/h3-23H,24-25H2,1-2H3/b36-26+,37-27+. The van der Waals surface area contributed by atoms with Crippen molar-refractivity contribution in [1.82, 2.24) is 4.98 Å². The van der Waals surface area contributed by atoms with Crippen molar-refractivity contribution in [1.29, 1.82) is 0 Å². The Kier molecular flexibility index (Phi) is 7.95. The number of para-hydroxylation sites is 2. The second-order valence-corrected chi connectivity index (χ2v) is 9.38. The fourth-order valence-electron chi connectivity index (χ4n) is 4.48. The number of pyridine rings is 1. The van der Waals surface area contributed by atoms with Gasteiger partial charge in [-0.05, 0) is 73.2 Å². The molecule has 1 aromatic heterocycles. The molecule has 0 radical (unpaired) electrons. The van der Waals surface area contributed by atoms with Gasteiger partial charge in [-0.25, -0.2) is 4.98 Å². The van der Waals surface area contributed by atoms with E-state index in [2.05, 4.69) is 84.9 Å². The van der Waals surface area contributed by atoms with Crippen LogP contribution in [-0.2, 0) is 12.8 Å². The van der Waals surface area contributed by atoms with Gasteiger partial charge in [0.25, 0.3) is 0 Å². The minimum absolute atomic E-state index is 0.843. The van der Waals surface area contributed by atoms with Gasteiger partial charge >= 0.3 is 0 Å². The highest BCUT2D eigenvalue weighted by molar-refractivity contribution is 6.02. The van der Waals surface area contributed by atoms with Crippen LogP contribution >= 0.6 is 0 Å². The van der Waals surface area contributed by atoms with Crippen LogP contribution < -0.4 is 0 Å². The van der Waals surface area contributed by atoms with Crippen LogP contribution in [0.15, 0.2) is 137 Å². The summed E-state index contributed by atoms with van der Waals surface area (Å²) in [5.74, 6) is 0. The van der Waals surface area contributed by atoms with Crippen LogP contribution in [0.4, 0.5) is 11.4 Å². The van der Waals surface area contributed by atoms with Gasteiger partial charge < -0.3 is 0 Å². The summed E-state index contributed by atoms with van der Waals surface area (Å²) in [6.45, 7) is 4.04. The fraction of sp³-hybridized carbons (Fsp3) is 0.114. The lowest BCUT2D eigenvalue weighted by atomic mass is 10.0. The van der Waals surface area contributed by atoms with Crippen LogP contribution in [0.5, 0.6) is 0 Å². The van der Waals surface area contributed by atoms with Crippen molar-refractivity contribution in [3.05, 3.63) is 161 Å². The molecule has 0 saturated carbocycles. The third kappa shape index (κ3) is 6.37. The van der Waals surface area contributed by atoms with E-state index in [1.165, 1.54) is 22.3 Å². The Morgan fingerprint density at radius 3 is 1.32 bits per heavy atom. The Morgan fingerprint density at radius 2 is 0.868 bits per heavy atom. The van der Waals surface area contributed by atoms with Gasteiger partial charge in [0.2, 0.25) is 0 Å². The molecule has 0 aliphatic heterocycles. The Balaban J connectivity index is 1.40. The van der Waals surface area contributed by atoms with E-state index in [1.807, 2.05) is 56.3 Å². The lowest BCUT2D eigenvalue weighted by molar-refractivity contribution is 1.17. The highest BCUT2D eigenvalue weighted by Gasteiger charge is 2.09. The van der Waals surface area contributed by atoms with Gasteiger partial charge in [0.15, 0.2) is 0 Å². The molecule has 0 N–H and O–H groups in total. The summed E-state index contributed by atoms with van der Waals surface area (Å²) in [5, 5.41) is 0. The number of hydrogen-bond donors (Lipinski definition) is 0. The summed E-state index contributed by atoms with van der Waals surface area (Å²) in [7, 11) is 0. The summed E-state index contributed by atoms with van der Waals surface area (Å²) in [6, 6.07) is 43.7. The smallest absolute Gasteiger partial charge is 0.0849 e. The zero-order chi connectivity index (χ0) is 26.2. The topological polar surface area (TPSA) is 37.6 Å². The fourth-order valence-corrected chi connectivity index (χ4v) is 4.48. The summed E-state index contributed by atoms with van der Waals surface area (Å²) >= 11 is 0. The van der Waals surface area contributed by atoms with E-state index in [-0.39, 0.29) is 0 Å². The van der Waals surface area contributed by atoms with E-state index in [0.717, 1.165) is 47.0 Å². The Morgan fingerprint density at radius 1 is 0.474 bits per heavy atom. The molecule has 4 aromatic carbocycles. The molecule has 0 bridgehead atoms. The molecule has 0 saturated heterocycles. The first kappa shape index (κ1) is 25.0. The maximum Gasteiger partial charge on any atom is 0.0849 e. The van der Waals surface area contributed by atoms with Crippen LogP contribution in [0, 0.1) is 0 Å². The van der Waals surface area contributed by atoms with Gasteiger partial charge in [-0.3, -0.25) is 9.98 Å². The van der Waals surface area contributed by atoms with Crippen molar-refractivity contribution in [2.75, 3.05) is 0 Å². The number of benzene rings is 4. The van der Waals surface area contributed by atoms with Gasteiger partial charge in [0, 0.05) is 0 Å². The maximum absolute atomic E-state index is 4.99. The molecule has 0 amide bonds. The van der Waals surface area contributed by atoms with Crippen LogP contribution in [0.2, 0.25) is 0 Å². The van der Waals surface area contributed by atoms with E-state index in [9.17, 15) is 0 Å². The van der Waals surface area contributed by atoms with Crippen molar-refractivity contribution in [3.8, 4) is 0 Å². The van der Waals surface area contributed by atoms with E-state index in [4.69, 9.17) is 15.0 Å². The van der Waals surface area contributed by atoms with Crippen LogP contribution in [-0.4, -0.2) is 16.4 Å².